The molecule has 4 rings (SSSR count). The summed E-state index contributed by atoms with van der Waals surface area (Å²) >= 11 is 0. The predicted octanol–water partition coefficient (Wildman–Crippen LogP) is 4.95. The lowest BCUT2D eigenvalue weighted by Crippen LogP contribution is -2.31. The van der Waals surface area contributed by atoms with E-state index in [-0.39, 0.29) is 28.2 Å². The Labute approximate surface area is 203 Å². The van der Waals surface area contributed by atoms with Gasteiger partial charge >= 0.3 is 0 Å². The van der Waals surface area contributed by atoms with E-state index in [0.29, 0.717) is 49.2 Å². The van der Waals surface area contributed by atoms with E-state index < -0.39 is 17.3 Å². The molecule has 7 nitrogen and oxygen atoms in total. The Morgan fingerprint density at radius 1 is 1.06 bits per heavy atom. The molecule has 0 fully saturated rings. The first kappa shape index (κ1) is 24.7. The van der Waals surface area contributed by atoms with Gasteiger partial charge in [-0.05, 0) is 54.7 Å². The van der Waals surface area contributed by atoms with Crippen molar-refractivity contribution in [3.8, 4) is 11.5 Å². The quantitative estimate of drug-likeness (QED) is 0.380. The Morgan fingerprint density at radius 3 is 2.57 bits per heavy atom. The third-order valence-corrected chi connectivity index (χ3v) is 6.13. The molecule has 1 unspecified atom stereocenters. The average molecular weight is 484 g/mol. The first-order valence-electron chi connectivity index (χ1n) is 11.7. The van der Waals surface area contributed by atoms with Crippen LogP contribution in [-0.2, 0) is 4.74 Å². The molecule has 8 heteroatoms. The van der Waals surface area contributed by atoms with Crippen molar-refractivity contribution in [3.63, 3.8) is 0 Å². The Hall–Kier alpha value is -3.39. The maximum Gasteiger partial charge on any atom is 0.290 e. The standard InChI is InChI=1S/C27H30FNO6/c1-16(2)10-13-34-21-8-6-17(14-22(21)33-4)24-23-25(30)19-15-18(28)7-9-20(19)35-26(23)27(31)29(24)11-5-12-32-3/h6-9,14-16,24H,5,10-13H2,1-4H3. The van der Waals surface area contributed by atoms with Gasteiger partial charge in [-0.3, -0.25) is 9.59 Å². The molecule has 2 aromatic carbocycles. The molecule has 0 saturated heterocycles. The number of fused-ring (bicyclic) bond motifs is 2. The van der Waals surface area contributed by atoms with Crippen LogP contribution in [0, 0.1) is 11.7 Å². The van der Waals surface area contributed by atoms with Gasteiger partial charge in [-0.2, -0.15) is 0 Å². The van der Waals surface area contributed by atoms with Gasteiger partial charge in [0.2, 0.25) is 5.76 Å². The van der Waals surface area contributed by atoms with Crippen molar-refractivity contribution in [3.05, 3.63) is 69.3 Å². The van der Waals surface area contributed by atoms with Crippen LogP contribution in [-0.4, -0.2) is 44.8 Å². The molecule has 1 atom stereocenters. The van der Waals surface area contributed by atoms with E-state index in [4.69, 9.17) is 18.6 Å². The van der Waals surface area contributed by atoms with E-state index in [9.17, 15) is 14.0 Å². The predicted molar refractivity (Wildman–Crippen MR) is 130 cm³/mol. The summed E-state index contributed by atoms with van der Waals surface area (Å²) in [5.41, 5.74) is 0.615. The second-order valence-electron chi connectivity index (χ2n) is 9.00. The highest BCUT2D eigenvalue weighted by molar-refractivity contribution is 5.99. The van der Waals surface area contributed by atoms with Crippen molar-refractivity contribution in [1.29, 1.82) is 0 Å². The third kappa shape index (κ3) is 4.89. The van der Waals surface area contributed by atoms with Crippen molar-refractivity contribution in [1.82, 2.24) is 4.90 Å². The van der Waals surface area contributed by atoms with E-state index in [2.05, 4.69) is 13.8 Å². The molecule has 1 aromatic heterocycles. The van der Waals surface area contributed by atoms with Gasteiger partial charge in [-0.15, -0.1) is 0 Å². The van der Waals surface area contributed by atoms with E-state index in [1.54, 1.807) is 31.3 Å². The molecule has 0 bridgehead atoms. The van der Waals surface area contributed by atoms with Gasteiger partial charge in [0, 0.05) is 20.3 Å². The van der Waals surface area contributed by atoms with Gasteiger partial charge in [0.15, 0.2) is 16.9 Å². The molecule has 1 amide bonds. The van der Waals surface area contributed by atoms with Crippen molar-refractivity contribution >= 4 is 16.9 Å². The number of carbonyl (C=O) groups excluding carboxylic acids is 1. The van der Waals surface area contributed by atoms with E-state index in [1.807, 2.05) is 6.07 Å². The lowest BCUT2D eigenvalue weighted by atomic mass is 9.98. The molecule has 2 heterocycles. The van der Waals surface area contributed by atoms with Crippen LogP contribution in [0.25, 0.3) is 11.0 Å². The Bertz CT molecular complexity index is 1280. The van der Waals surface area contributed by atoms with Gasteiger partial charge in [-0.25, -0.2) is 4.39 Å². The Kier molecular flexibility index (Phi) is 7.40. The van der Waals surface area contributed by atoms with Gasteiger partial charge in [0.1, 0.15) is 11.4 Å². The summed E-state index contributed by atoms with van der Waals surface area (Å²) in [7, 11) is 3.14. The number of amides is 1. The molecule has 0 N–H and O–H groups in total. The number of benzene rings is 2. The molecule has 1 aliphatic rings. The molecule has 0 radical (unpaired) electrons. The number of carbonyl (C=O) groups is 1. The highest BCUT2D eigenvalue weighted by atomic mass is 19.1. The first-order valence-corrected chi connectivity index (χ1v) is 11.7. The number of hydrogen-bond donors (Lipinski definition) is 0. The zero-order valence-electron chi connectivity index (χ0n) is 20.4. The number of halogens is 1. The molecular weight excluding hydrogens is 453 g/mol. The lowest BCUT2D eigenvalue weighted by molar-refractivity contribution is 0.0707. The van der Waals surface area contributed by atoms with Crippen molar-refractivity contribution in [2.24, 2.45) is 5.92 Å². The first-order chi connectivity index (χ1) is 16.8. The molecule has 1 aliphatic heterocycles. The largest absolute Gasteiger partial charge is 0.493 e. The highest BCUT2D eigenvalue weighted by Gasteiger charge is 2.42. The molecule has 3 aromatic rings. The van der Waals surface area contributed by atoms with Gasteiger partial charge in [0.05, 0.1) is 30.7 Å². The summed E-state index contributed by atoms with van der Waals surface area (Å²) in [4.78, 5) is 28.5. The minimum absolute atomic E-state index is 0.0206. The lowest BCUT2D eigenvalue weighted by Gasteiger charge is -2.25. The molecule has 0 aliphatic carbocycles. The summed E-state index contributed by atoms with van der Waals surface area (Å²) in [6.45, 7) is 5.59. The highest BCUT2D eigenvalue weighted by Crippen LogP contribution is 2.41. The van der Waals surface area contributed by atoms with Crippen molar-refractivity contribution in [2.45, 2.75) is 32.7 Å². The van der Waals surface area contributed by atoms with Crippen molar-refractivity contribution < 1.29 is 27.8 Å². The molecule has 0 spiro atoms. The fourth-order valence-corrected chi connectivity index (χ4v) is 4.33. The van der Waals surface area contributed by atoms with Crippen LogP contribution in [0.3, 0.4) is 0 Å². The monoisotopic (exact) mass is 483 g/mol. The van der Waals surface area contributed by atoms with E-state index in [1.165, 1.54) is 12.1 Å². The van der Waals surface area contributed by atoms with E-state index >= 15 is 0 Å². The Balaban J connectivity index is 1.81. The fraction of sp³-hybridized carbons (Fsp3) is 0.407. The third-order valence-electron chi connectivity index (χ3n) is 6.13. The summed E-state index contributed by atoms with van der Waals surface area (Å²) in [5.74, 6) is 0.626. The van der Waals surface area contributed by atoms with Gasteiger partial charge in [-0.1, -0.05) is 19.9 Å². The molecule has 0 saturated carbocycles. The van der Waals surface area contributed by atoms with Crippen LogP contribution >= 0.6 is 0 Å². The average Bonchev–Trinajstić information content (AvgIpc) is 3.11. The summed E-state index contributed by atoms with van der Waals surface area (Å²) < 4.78 is 36.4. The van der Waals surface area contributed by atoms with Crippen LogP contribution in [0.2, 0.25) is 0 Å². The smallest absolute Gasteiger partial charge is 0.290 e. The molecular formula is C27H30FNO6. The van der Waals surface area contributed by atoms with Crippen LogP contribution in [0.5, 0.6) is 11.5 Å². The molecule has 35 heavy (non-hydrogen) atoms. The van der Waals surface area contributed by atoms with Crippen LogP contribution < -0.4 is 14.9 Å². The number of hydrogen-bond acceptors (Lipinski definition) is 6. The number of ether oxygens (including phenoxy) is 3. The van der Waals surface area contributed by atoms with Crippen molar-refractivity contribution in [2.75, 3.05) is 34.0 Å². The normalized spacial score (nSPS) is 15.2. The summed E-state index contributed by atoms with van der Waals surface area (Å²) in [6.07, 6.45) is 1.47. The SMILES string of the molecule is COCCCN1C(=O)c2oc3ccc(F)cc3c(=O)c2C1c1ccc(OCCC(C)C)c(OC)c1. The van der Waals surface area contributed by atoms with Crippen LogP contribution in [0.1, 0.15) is 54.4 Å². The van der Waals surface area contributed by atoms with Crippen LogP contribution in [0.15, 0.2) is 45.6 Å². The topological polar surface area (TPSA) is 78.2 Å². The second kappa shape index (κ2) is 10.5. The number of rotatable bonds is 10. The van der Waals surface area contributed by atoms with E-state index in [0.717, 1.165) is 12.5 Å². The second-order valence-corrected chi connectivity index (χ2v) is 9.00. The zero-order chi connectivity index (χ0) is 25.1. The zero-order valence-corrected chi connectivity index (χ0v) is 20.4. The fourth-order valence-electron chi connectivity index (χ4n) is 4.33. The maximum absolute atomic E-state index is 13.9. The Morgan fingerprint density at radius 2 is 1.86 bits per heavy atom. The van der Waals surface area contributed by atoms with Crippen LogP contribution in [0.4, 0.5) is 4.39 Å². The summed E-state index contributed by atoms with van der Waals surface area (Å²) in [6, 6.07) is 8.38. The van der Waals surface area contributed by atoms with Gasteiger partial charge in [0.25, 0.3) is 5.91 Å². The maximum atomic E-state index is 13.9. The molecule has 186 valence electrons. The van der Waals surface area contributed by atoms with Gasteiger partial charge < -0.3 is 23.5 Å². The minimum Gasteiger partial charge on any atom is -0.493 e. The number of nitrogens with zero attached hydrogens (tertiary/aromatic N) is 1. The minimum atomic E-state index is -0.711. The summed E-state index contributed by atoms with van der Waals surface area (Å²) in [5, 5.41) is 0.0981. The number of methoxy groups -OCH3 is 2.